The Bertz CT molecular complexity index is 1330. The molecule has 4 N–H and O–H groups in total. The van der Waals surface area contributed by atoms with Gasteiger partial charge in [-0.1, -0.05) is 54.6 Å². The summed E-state index contributed by atoms with van der Waals surface area (Å²) in [6, 6.07) is 19.3. The molecule has 2 amide bonds. The summed E-state index contributed by atoms with van der Waals surface area (Å²) >= 11 is 0. The van der Waals surface area contributed by atoms with Crippen LogP contribution in [-0.2, 0) is 15.1 Å². The van der Waals surface area contributed by atoms with E-state index in [1.54, 1.807) is 18.3 Å². The van der Waals surface area contributed by atoms with E-state index in [2.05, 4.69) is 10.6 Å². The molecule has 5 rings (SSSR count). The summed E-state index contributed by atoms with van der Waals surface area (Å²) in [5.74, 6) is -2.48. The Balaban J connectivity index is 1.31. The van der Waals surface area contributed by atoms with Crippen LogP contribution < -0.4 is 16.4 Å². The van der Waals surface area contributed by atoms with Gasteiger partial charge in [-0.3, -0.25) is 14.6 Å². The highest BCUT2D eigenvalue weighted by molar-refractivity contribution is 5.93. The van der Waals surface area contributed by atoms with Crippen molar-refractivity contribution in [2.45, 2.75) is 69.4 Å². The summed E-state index contributed by atoms with van der Waals surface area (Å²) in [5.41, 5.74) is 9.88. The predicted molar refractivity (Wildman–Crippen MR) is 148 cm³/mol. The van der Waals surface area contributed by atoms with Gasteiger partial charge < -0.3 is 16.4 Å². The van der Waals surface area contributed by atoms with Crippen LogP contribution in [0.5, 0.6) is 0 Å². The molecule has 0 spiro atoms. The summed E-state index contributed by atoms with van der Waals surface area (Å²) in [7, 11) is 0. The Morgan fingerprint density at radius 2 is 1.64 bits per heavy atom. The fourth-order valence-corrected chi connectivity index (χ4v) is 5.91. The number of carbonyl (C=O) groups excluding carboxylic acids is 2. The van der Waals surface area contributed by atoms with Crippen molar-refractivity contribution in [2.24, 2.45) is 11.7 Å². The van der Waals surface area contributed by atoms with Crippen LogP contribution in [0.25, 0.3) is 22.4 Å². The highest BCUT2D eigenvalue weighted by Gasteiger charge is 2.55. The molecule has 0 bridgehead atoms. The molecule has 2 fully saturated rings. The van der Waals surface area contributed by atoms with Gasteiger partial charge in [0.05, 0.1) is 23.1 Å². The molecule has 3 aromatic rings. The summed E-state index contributed by atoms with van der Waals surface area (Å²) < 4.78 is 27.0. The summed E-state index contributed by atoms with van der Waals surface area (Å²) in [5, 5.41) is 5.99. The standard InChI is InChI=1S/C31H34F2N4O2/c1-20(38)36-25-13-7-21(8-14-25)15-28(39)37-26-16-27(22-5-3-2-4-6-22)29(35-17-26)23-9-11-24(12-10-23)30(34)18-31(32,33)19-30/h2-6,9-12,16-17,21,25H,7-8,13-15,18-19,34H2,1H3,(H,36,38)(H,37,39). The van der Waals surface area contributed by atoms with Gasteiger partial charge in [0.15, 0.2) is 0 Å². The largest absolute Gasteiger partial charge is 0.354 e. The zero-order valence-electron chi connectivity index (χ0n) is 22.1. The van der Waals surface area contributed by atoms with Crippen LogP contribution in [0, 0.1) is 5.92 Å². The number of aromatic nitrogens is 1. The van der Waals surface area contributed by atoms with Gasteiger partial charge in [0, 0.05) is 43.4 Å². The van der Waals surface area contributed by atoms with Crippen LogP contribution in [0.2, 0.25) is 0 Å². The number of nitrogens with two attached hydrogens (primary N) is 1. The van der Waals surface area contributed by atoms with Crippen LogP contribution in [0.4, 0.5) is 14.5 Å². The number of alkyl halides is 2. The van der Waals surface area contributed by atoms with Crippen molar-refractivity contribution in [3.05, 3.63) is 72.4 Å². The van der Waals surface area contributed by atoms with E-state index in [4.69, 9.17) is 10.7 Å². The molecule has 0 radical (unpaired) electrons. The Kier molecular flexibility index (Phi) is 7.49. The first-order chi connectivity index (χ1) is 18.6. The van der Waals surface area contributed by atoms with E-state index in [0.717, 1.165) is 48.1 Å². The topological polar surface area (TPSA) is 97.1 Å². The molecule has 0 atom stereocenters. The number of benzene rings is 2. The van der Waals surface area contributed by atoms with Gasteiger partial charge in [-0.05, 0) is 48.8 Å². The number of amides is 2. The number of halogens is 2. The smallest absolute Gasteiger partial charge is 0.252 e. The van der Waals surface area contributed by atoms with Crippen molar-refractivity contribution in [3.63, 3.8) is 0 Å². The fourth-order valence-electron chi connectivity index (χ4n) is 5.91. The van der Waals surface area contributed by atoms with E-state index >= 15 is 0 Å². The maximum atomic E-state index is 13.5. The third kappa shape index (κ3) is 6.33. The first-order valence-corrected chi connectivity index (χ1v) is 13.5. The lowest BCUT2D eigenvalue weighted by Gasteiger charge is -2.44. The lowest BCUT2D eigenvalue weighted by Crippen LogP contribution is -2.55. The van der Waals surface area contributed by atoms with Crippen LogP contribution in [0.1, 0.15) is 57.4 Å². The molecule has 2 saturated carbocycles. The molecule has 0 unspecified atom stereocenters. The van der Waals surface area contributed by atoms with Gasteiger partial charge in [0.25, 0.3) is 5.92 Å². The fraction of sp³-hybridized carbons (Fsp3) is 0.387. The Hall–Kier alpha value is -3.65. The van der Waals surface area contributed by atoms with Gasteiger partial charge in [-0.25, -0.2) is 8.78 Å². The minimum absolute atomic E-state index is 0.0105. The Morgan fingerprint density at radius 3 is 2.26 bits per heavy atom. The van der Waals surface area contributed by atoms with Gasteiger partial charge in [-0.2, -0.15) is 0 Å². The molecule has 39 heavy (non-hydrogen) atoms. The summed E-state index contributed by atoms with van der Waals surface area (Å²) in [6.07, 6.45) is 4.96. The van der Waals surface area contributed by atoms with E-state index < -0.39 is 11.5 Å². The second kappa shape index (κ2) is 10.8. The van der Waals surface area contributed by atoms with E-state index in [-0.39, 0.29) is 36.6 Å². The van der Waals surface area contributed by atoms with Crippen molar-refractivity contribution < 1.29 is 18.4 Å². The Morgan fingerprint density at radius 1 is 0.974 bits per heavy atom. The van der Waals surface area contributed by atoms with Crippen LogP contribution in [0.15, 0.2) is 66.9 Å². The predicted octanol–water partition coefficient (Wildman–Crippen LogP) is 6.02. The van der Waals surface area contributed by atoms with E-state index in [1.807, 2.05) is 48.5 Å². The van der Waals surface area contributed by atoms with E-state index in [1.165, 1.54) is 6.92 Å². The second-order valence-electron chi connectivity index (χ2n) is 11.1. The number of nitrogens with one attached hydrogen (secondary N) is 2. The number of hydrogen-bond acceptors (Lipinski definition) is 4. The average Bonchev–Trinajstić information content (AvgIpc) is 2.89. The van der Waals surface area contributed by atoms with Crippen molar-refractivity contribution in [1.82, 2.24) is 10.3 Å². The molecule has 2 aliphatic carbocycles. The molecule has 2 aliphatic rings. The molecule has 8 heteroatoms. The monoisotopic (exact) mass is 532 g/mol. The molecular formula is C31H34F2N4O2. The molecular weight excluding hydrogens is 498 g/mol. The molecule has 0 aliphatic heterocycles. The normalized spacial score (nSPS) is 21.4. The summed E-state index contributed by atoms with van der Waals surface area (Å²) in [4.78, 5) is 28.9. The molecule has 1 aromatic heterocycles. The van der Waals surface area contributed by atoms with Gasteiger partial charge in [0.2, 0.25) is 11.8 Å². The third-order valence-corrected chi connectivity index (χ3v) is 7.87. The lowest BCUT2D eigenvalue weighted by molar-refractivity contribution is -0.125. The van der Waals surface area contributed by atoms with Crippen LogP contribution in [0.3, 0.4) is 0 Å². The van der Waals surface area contributed by atoms with Crippen molar-refractivity contribution in [3.8, 4) is 22.4 Å². The summed E-state index contributed by atoms with van der Waals surface area (Å²) in [6.45, 7) is 1.53. The third-order valence-electron chi connectivity index (χ3n) is 7.87. The molecule has 204 valence electrons. The highest BCUT2D eigenvalue weighted by Crippen LogP contribution is 2.50. The molecule has 1 heterocycles. The highest BCUT2D eigenvalue weighted by atomic mass is 19.3. The number of rotatable bonds is 7. The first kappa shape index (κ1) is 26.9. The van der Waals surface area contributed by atoms with Crippen LogP contribution in [-0.4, -0.2) is 28.8 Å². The maximum absolute atomic E-state index is 13.5. The minimum atomic E-state index is -2.71. The van der Waals surface area contributed by atoms with Crippen molar-refractivity contribution in [1.29, 1.82) is 0 Å². The van der Waals surface area contributed by atoms with E-state index in [0.29, 0.717) is 17.7 Å². The quantitative estimate of drug-likeness (QED) is 0.347. The Labute approximate surface area is 227 Å². The zero-order valence-corrected chi connectivity index (χ0v) is 22.1. The van der Waals surface area contributed by atoms with Crippen molar-refractivity contribution >= 4 is 17.5 Å². The average molecular weight is 533 g/mol. The number of pyridine rings is 1. The van der Waals surface area contributed by atoms with Crippen LogP contribution >= 0.6 is 0 Å². The maximum Gasteiger partial charge on any atom is 0.252 e. The lowest BCUT2D eigenvalue weighted by atomic mass is 9.70. The number of anilines is 1. The van der Waals surface area contributed by atoms with Crippen molar-refractivity contribution in [2.75, 3.05) is 5.32 Å². The number of carbonyl (C=O) groups is 2. The molecule has 6 nitrogen and oxygen atoms in total. The second-order valence-corrected chi connectivity index (χ2v) is 11.1. The van der Waals surface area contributed by atoms with Gasteiger partial charge in [0.1, 0.15) is 0 Å². The minimum Gasteiger partial charge on any atom is -0.354 e. The zero-order chi connectivity index (χ0) is 27.6. The van der Waals surface area contributed by atoms with Gasteiger partial charge in [-0.15, -0.1) is 0 Å². The molecule has 0 saturated heterocycles. The van der Waals surface area contributed by atoms with Gasteiger partial charge >= 0.3 is 0 Å². The number of hydrogen-bond donors (Lipinski definition) is 3. The molecule has 2 aromatic carbocycles. The van der Waals surface area contributed by atoms with E-state index in [9.17, 15) is 18.4 Å². The first-order valence-electron chi connectivity index (χ1n) is 13.5. The number of nitrogens with zero attached hydrogens (tertiary/aromatic N) is 1. The SMILES string of the molecule is CC(=O)NC1CCC(CC(=O)Nc2cnc(-c3ccc(C4(N)CC(F)(F)C4)cc3)c(-c3ccccc3)c2)CC1.